The average Bonchev–Trinajstić information content (AvgIpc) is 2.77. The minimum absolute atomic E-state index is 0.200. The summed E-state index contributed by atoms with van der Waals surface area (Å²) in [5, 5.41) is 9.01. The van der Waals surface area contributed by atoms with Gasteiger partial charge < -0.3 is 10.0 Å². The van der Waals surface area contributed by atoms with Gasteiger partial charge in [-0.1, -0.05) is 30.3 Å². The van der Waals surface area contributed by atoms with Crippen LogP contribution >= 0.6 is 0 Å². The van der Waals surface area contributed by atoms with E-state index in [0.717, 1.165) is 0 Å². The van der Waals surface area contributed by atoms with Gasteiger partial charge in [0, 0.05) is 12.5 Å². The fourth-order valence-corrected chi connectivity index (χ4v) is 2.42. The van der Waals surface area contributed by atoms with Crippen molar-refractivity contribution in [3.8, 4) is 0 Å². The number of carboxylic acid groups (broad SMARTS) is 1. The van der Waals surface area contributed by atoms with E-state index < -0.39 is 42.7 Å². The van der Waals surface area contributed by atoms with Crippen LogP contribution in [-0.4, -0.2) is 46.8 Å². The number of alkyl halides is 4. The zero-order valence-electron chi connectivity index (χ0n) is 10.6. The van der Waals surface area contributed by atoms with Gasteiger partial charge in [-0.25, -0.2) is 9.18 Å². The summed E-state index contributed by atoms with van der Waals surface area (Å²) in [6.45, 7) is -1.76. The Labute approximate surface area is 117 Å². The first kappa shape index (κ1) is 15.3. The number of likely N-dealkylation sites (tertiary alicyclic amines) is 1. The van der Waals surface area contributed by atoms with Crippen molar-refractivity contribution in [2.75, 3.05) is 13.1 Å². The number of nitrogens with zero attached hydrogens (tertiary/aromatic N) is 1. The monoisotopic (exact) mass is 305 g/mol. The Bertz CT molecular complexity index is 560. The highest BCUT2D eigenvalue weighted by atomic mass is 19.4. The van der Waals surface area contributed by atoms with Crippen molar-refractivity contribution in [3.05, 3.63) is 35.9 Å². The molecule has 1 aliphatic heterocycles. The van der Waals surface area contributed by atoms with Crippen molar-refractivity contribution in [1.82, 2.24) is 4.90 Å². The third-order valence-corrected chi connectivity index (χ3v) is 3.46. The van der Waals surface area contributed by atoms with Crippen LogP contribution in [0.15, 0.2) is 30.3 Å². The predicted molar refractivity (Wildman–Crippen MR) is 63.3 cm³/mol. The van der Waals surface area contributed by atoms with Crippen molar-refractivity contribution in [1.29, 1.82) is 0 Å². The molecule has 0 bridgehead atoms. The number of halogens is 4. The molecule has 1 saturated heterocycles. The van der Waals surface area contributed by atoms with Crippen molar-refractivity contribution in [3.63, 3.8) is 0 Å². The molecule has 114 valence electrons. The lowest BCUT2D eigenvalue weighted by Gasteiger charge is -2.21. The summed E-state index contributed by atoms with van der Waals surface area (Å²) in [6.07, 6.45) is -5.16. The molecule has 1 amide bonds. The molecular formula is C13H11F4NO3. The number of carbonyl (C=O) groups excluding carboxylic acids is 1. The number of hydrogen-bond acceptors (Lipinski definition) is 2. The van der Waals surface area contributed by atoms with Crippen molar-refractivity contribution in [2.24, 2.45) is 0 Å². The van der Waals surface area contributed by atoms with Gasteiger partial charge in [0.15, 0.2) is 0 Å². The molecule has 2 atom stereocenters. The summed E-state index contributed by atoms with van der Waals surface area (Å²) >= 11 is 0. The Kier molecular flexibility index (Phi) is 3.65. The van der Waals surface area contributed by atoms with Gasteiger partial charge in [-0.2, -0.15) is 13.2 Å². The molecule has 1 aromatic rings. The van der Waals surface area contributed by atoms with Crippen LogP contribution in [0.3, 0.4) is 0 Å². The summed E-state index contributed by atoms with van der Waals surface area (Å²) in [5.74, 6) is -5.46. The first-order valence-electron chi connectivity index (χ1n) is 5.99. The first-order valence-corrected chi connectivity index (χ1v) is 5.99. The van der Waals surface area contributed by atoms with E-state index in [1.54, 1.807) is 6.07 Å². The average molecular weight is 305 g/mol. The van der Waals surface area contributed by atoms with Gasteiger partial charge in [-0.3, -0.25) is 4.79 Å². The quantitative estimate of drug-likeness (QED) is 0.850. The van der Waals surface area contributed by atoms with Crippen LogP contribution in [-0.2, 0) is 9.59 Å². The predicted octanol–water partition coefficient (Wildman–Crippen LogP) is 1.97. The molecule has 0 aromatic heterocycles. The highest BCUT2D eigenvalue weighted by Crippen LogP contribution is 2.40. The standard InChI is InChI=1S/C13H11F4NO3/c14-12(11(20)21)7-18(10(19)13(15,16)17)6-9(12)8-4-2-1-3-5-8/h1-5,9H,6-7H2,(H,20,21). The molecule has 1 aromatic carbocycles. The fraction of sp³-hybridized carbons (Fsp3) is 0.385. The second-order valence-corrected chi connectivity index (χ2v) is 4.81. The highest BCUT2D eigenvalue weighted by molar-refractivity contribution is 5.86. The summed E-state index contributed by atoms with van der Waals surface area (Å²) < 4.78 is 51.9. The summed E-state index contributed by atoms with van der Waals surface area (Å²) in [4.78, 5) is 22.5. The number of benzene rings is 1. The van der Waals surface area contributed by atoms with Gasteiger partial charge in [0.25, 0.3) is 0 Å². The van der Waals surface area contributed by atoms with Crippen molar-refractivity contribution < 1.29 is 32.3 Å². The first-order chi connectivity index (χ1) is 9.66. The van der Waals surface area contributed by atoms with Gasteiger partial charge in [0.2, 0.25) is 5.67 Å². The summed E-state index contributed by atoms with van der Waals surface area (Å²) in [6, 6.07) is 7.49. The third kappa shape index (κ3) is 2.70. The van der Waals surface area contributed by atoms with Crippen molar-refractivity contribution in [2.45, 2.75) is 17.8 Å². The maximum atomic E-state index is 14.6. The third-order valence-electron chi connectivity index (χ3n) is 3.46. The molecular weight excluding hydrogens is 294 g/mol. The van der Waals surface area contributed by atoms with Crippen LogP contribution in [0.1, 0.15) is 11.5 Å². The molecule has 0 aliphatic carbocycles. The van der Waals surface area contributed by atoms with Crippen LogP contribution in [0, 0.1) is 0 Å². The van der Waals surface area contributed by atoms with Gasteiger partial charge in [0.1, 0.15) is 0 Å². The lowest BCUT2D eigenvalue weighted by atomic mass is 9.86. The lowest BCUT2D eigenvalue weighted by molar-refractivity contribution is -0.185. The number of rotatable bonds is 2. The highest BCUT2D eigenvalue weighted by Gasteiger charge is 2.58. The smallest absolute Gasteiger partial charge is 0.471 e. The van der Waals surface area contributed by atoms with Crippen LogP contribution < -0.4 is 0 Å². The Morgan fingerprint density at radius 3 is 2.29 bits per heavy atom. The van der Waals surface area contributed by atoms with Crippen molar-refractivity contribution >= 4 is 11.9 Å². The number of hydrogen-bond donors (Lipinski definition) is 1. The molecule has 4 nitrogen and oxygen atoms in total. The molecule has 2 unspecified atom stereocenters. The minimum atomic E-state index is -5.16. The number of amides is 1. The Hall–Kier alpha value is -2.12. The van der Waals surface area contributed by atoms with E-state index in [-0.39, 0.29) is 10.5 Å². The molecule has 0 radical (unpaired) electrons. The molecule has 0 spiro atoms. The molecule has 21 heavy (non-hydrogen) atoms. The topological polar surface area (TPSA) is 57.6 Å². The molecule has 1 fully saturated rings. The van der Waals surface area contributed by atoms with Crippen LogP contribution in [0.4, 0.5) is 17.6 Å². The zero-order chi connectivity index (χ0) is 15.8. The minimum Gasteiger partial charge on any atom is -0.479 e. The number of carboxylic acids is 1. The van der Waals surface area contributed by atoms with E-state index in [9.17, 15) is 27.2 Å². The van der Waals surface area contributed by atoms with Crippen LogP contribution in [0.25, 0.3) is 0 Å². The van der Waals surface area contributed by atoms with E-state index in [1.807, 2.05) is 0 Å². The summed E-state index contributed by atoms with van der Waals surface area (Å²) in [7, 11) is 0. The molecule has 8 heteroatoms. The zero-order valence-corrected chi connectivity index (χ0v) is 10.6. The van der Waals surface area contributed by atoms with E-state index in [0.29, 0.717) is 0 Å². The molecule has 2 rings (SSSR count). The van der Waals surface area contributed by atoms with Gasteiger partial charge in [-0.05, 0) is 5.56 Å². The second-order valence-electron chi connectivity index (χ2n) is 4.81. The Morgan fingerprint density at radius 1 is 1.24 bits per heavy atom. The van der Waals surface area contributed by atoms with Gasteiger partial charge in [-0.15, -0.1) is 0 Å². The Balaban J connectivity index is 2.36. The maximum Gasteiger partial charge on any atom is 0.471 e. The molecule has 1 heterocycles. The SMILES string of the molecule is O=C(N1CC(c2ccccc2)C(F)(C(=O)O)C1)C(F)(F)F. The maximum absolute atomic E-state index is 14.6. The fourth-order valence-electron chi connectivity index (χ4n) is 2.42. The largest absolute Gasteiger partial charge is 0.479 e. The van der Waals surface area contributed by atoms with E-state index in [2.05, 4.69) is 0 Å². The summed E-state index contributed by atoms with van der Waals surface area (Å²) in [5.41, 5.74) is -2.71. The van der Waals surface area contributed by atoms with E-state index >= 15 is 0 Å². The number of carbonyl (C=O) groups is 2. The van der Waals surface area contributed by atoms with Gasteiger partial charge >= 0.3 is 18.1 Å². The van der Waals surface area contributed by atoms with Crippen LogP contribution in [0.5, 0.6) is 0 Å². The molecule has 1 aliphatic rings. The van der Waals surface area contributed by atoms with E-state index in [1.165, 1.54) is 24.3 Å². The normalized spacial score (nSPS) is 25.9. The molecule has 1 N–H and O–H groups in total. The lowest BCUT2D eigenvalue weighted by Crippen LogP contribution is -2.44. The van der Waals surface area contributed by atoms with Crippen LogP contribution in [0.2, 0.25) is 0 Å². The molecule has 0 saturated carbocycles. The number of aliphatic carboxylic acids is 1. The second kappa shape index (κ2) is 5.01. The Morgan fingerprint density at radius 2 is 1.81 bits per heavy atom. The van der Waals surface area contributed by atoms with Gasteiger partial charge in [0.05, 0.1) is 6.54 Å². The van der Waals surface area contributed by atoms with E-state index in [4.69, 9.17) is 5.11 Å².